The molecule has 2 heterocycles. The monoisotopic (exact) mass is 1910 g/mol. The molecule has 1 atom stereocenters. The van der Waals surface area contributed by atoms with Crippen LogP contribution in [0.2, 0.25) is 0 Å². The van der Waals surface area contributed by atoms with Crippen molar-refractivity contribution < 1.29 is 17.9 Å². The maximum absolute atomic E-state index is 13.1. The number of rotatable bonds is 15. The number of fused-ring (bicyclic) bond motifs is 5. The summed E-state index contributed by atoms with van der Waals surface area (Å²) in [5.41, 5.74) is 7.17. The van der Waals surface area contributed by atoms with Gasteiger partial charge in [-0.25, -0.2) is 0 Å². The van der Waals surface area contributed by atoms with E-state index in [4.69, 9.17) is 4.74 Å². The van der Waals surface area contributed by atoms with Crippen molar-refractivity contribution in [2.75, 3.05) is 7.11 Å². The average Bonchev–Trinajstić information content (AvgIpc) is 1.72. The molecule has 0 bridgehead atoms. The van der Waals surface area contributed by atoms with Gasteiger partial charge in [-0.2, -0.15) is 13.2 Å². The van der Waals surface area contributed by atoms with Crippen LogP contribution in [0, 0.1) is 20.8 Å². The highest BCUT2D eigenvalue weighted by atomic mass is 32.2. The number of ether oxygens (including phenoxy) is 1. The topological polar surface area (TPSA) is 26.3 Å². The third-order valence-corrected chi connectivity index (χ3v) is 37.0. The number of halogens is 3. The Labute approximate surface area is 825 Å². The fourth-order valence-corrected chi connectivity index (χ4v) is 29.7. The van der Waals surface area contributed by atoms with Crippen molar-refractivity contribution in [1.29, 1.82) is 0 Å². The lowest BCUT2D eigenvalue weighted by Gasteiger charge is -2.21. The van der Waals surface area contributed by atoms with Crippen LogP contribution < -0.4 is 10.2 Å². The summed E-state index contributed by atoms with van der Waals surface area (Å²) in [5.74, 6) is 0.985. The highest BCUT2D eigenvalue weighted by molar-refractivity contribution is 7.98. The van der Waals surface area contributed by atoms with Crippen LogP contribution in [-0.2, 0) is 66.0 Å². The molecule has 0 saturated carbocycles. The molecule has 1 unspecified atom stereocenters. The summed E-state index contributed by atoms with van der Waals surface area (Å²) in [6.45, 7) is 26.9. The Balaban J connectivity index is 0.000000126. The van der Waals surface area contributed by atoms with Crippen LogP contribution in [-0.4, -0.2) is 7.11 Å². The predicted molar refractivity (Wildman–Crippen MR) is 585 cm³/mol. The number of hydrogen-bond acceptors (Lipinski definition) is 2. The van der Waals surface area contributed by atoms with E-state index in [9.17, 15) is 18.0 Å². The number of aryl methyl sites for hydroxylation is 3. The molecule has 0 saturated heterocycles. The molecule has 0 N–H and O–H groups in total. The van der Waals surface area contributed by atoms with E-state index >= 15 is 0 Å². The Bertz CT molecular complexity index is 6950. The van der Waals surface area contributed by atoms with Gasteiger partial charge in [0.1, 0.15) is 5.75 Å². The van der Waals surface area contributed by atoms with E-state index in [1.807, 2.05) is 42.5 Å². The van der Waals surface area contributed by atoms with Gasteiger partial charge in [0.05, 0.1) is 67.0 Å². The summed E-state index contributed by atoms with van der Waals surface area (Å²) < 4.78 is 49.2. The standard InChI is InChI=1S/C30H39S.C21H21OS.C20H12F3OS.C19H17S.C18H13S.C18H15S/c1-28(2,3)22-10-16-25(17-11-22)31(26-18-12-23(13-19-26)29(4,5)6)27-20-14-24(15-21-27)30(7,8)9;1-16-14-20(15-17(2)21(16)22-3)23(18-10-6-4-7-11-18)19-12-8-5-9-13-19;21-20(22,23)13-10-11-18-16(12-13)19(24)15-8-4-5-9-17(15)25(18)14-6-2-1-3-7-14;1-16-12-14-19(15-13-16)20(17-8-4-2-5-9-17)18-10-6-3-7-11-18;1-2-8-14(9-3-1)19-17-12-6-4-10-15(17)16-11-5-7-13-18(16)19;1-4-10-16(11-5-1)19(17-12-6-2-7-13-17)18-14-8-3-9-15-18/h10-21H,1-9H3;4-15H,1-3H3;1-12H;2-15H,1H3;1-13H;1-15H/q6*+1. The summed E-state index contributed by atoms with van der Waals surface area (Å²) in [5, 5.41) is 3.40. The van der Waals surface area contributed by atoms with Crippen LogP contribution in [0.1, 0.15) is 101 Å². The SMILES string of the molecule is CC(C)(C)c1ccc([S+](c2ccc(C(C)(C)C)cc2)c2ccc(C(C)(C)C)cc2)cc1.COc1c(C)cc([S+](c2ccccc2)c2ccccc2)cc1C.Cc1ccc([S+](c2ccccc2)c2ccccc2)cc1.O=c1c2ccccc2[s+](-c2ccccc2)c2ccc(C(F)(F)F)cc12.c1ccc(-[s+]2c3ccccc3c3ccccc32)cc1.c1ccc([S+](c2ccccc2)c2ccccc2)cc1. The molecule has 20 rings (SSSR count). The summed E-state index contributed by atoms with van der Waals surface area (Å²) >= 11 is 0. The van der Waals surface area contributed by atoms with Crippen molar-refractivity contribution in [1.82, 2.24) is 0 Å². The molecule has 18 aromatic carbocycles. The van der Waals surface area contributed by atoms with Gasteiger partial charge < -0.3 is 4.74 Å². The third kappa shape index (κ3) is 24.5. The Morgan fingerprint density at radius 3 is 0.715 bits per heavy atom. The van der Waals surface area contributed by atoms with Crippen LogP contribution >= 0.6 is 20.9 Å². The minimum absolute atomic E-state index is 0.0146. The van der Waals surface area contributed by atoms with Crippen molar-refractivity contribution in [2.45, 2.75) is 164 Å². The second-order valence-corrected chi connectivity index (χ2v) is 48.4. The molecule has 0 radical (unpaired) electrons. The molecule has 137 heavy (non-hydrogen) atoms. The first-order chi connectivity index (χ1) is 66.2. The van der Waals surface area contributed by atoms with Crippen molar-refractivity contribution in [2.24, 2.45) is 0 Å². The molecule has 11 heteroatoms. The molecular formula is C126H117F3O2S6+6. The Morgan fingerprint density at radius 1 is 0.226 bits per heavy atom. The summed E-state index contributed by atoms with van der Waals surface area (Å²) in [7, 11) is 0.939. The molecule has 2 nitrogen and oxygen atoms in total. The van der Waals surface area contributed by atoms with Gasteiger partial charge in [0.2, 0.25) is 5.43 Å². The second-order valence-electron chi connectivity index (χ2n) is 36.4. The van der Waals surface area contributed by atoms with E-state index in [0.717, 1.165) is 27.5 Å². The van der Waals surface area contributed by atoms with Crippen LogP contribution in [0.25, 0.3) is 50.1 Å². The molecule has 0 fully saturated rings. The summed E-state index contributed by atoms with van der Waals surface area (Å²) in [6.07, 6.45) is -4.47. The largest absolute Gasteiger partial charge is 0.496 e. The molecule has 0 aliphatic carbocycles. The van der Waals surface area contributed by atoms with Crippen LogP contribution in [0.3, 0.4) is 0 Å². The van der Waals surface area contributed by atoms with Crippen molar-refractivity contribution in [3.8, 4) is 15.5 Å². The van der Waals surface area contributed by atoms with Crippen LogP contribution in [0.5, 0.6) is 5.75 Å². The number of thiophene rings is 1. The van der Waals surface area contributed by atoms with Gasteiger partial charge in [-0.05, 0) is 277 Å². The normalized spacial score (nSPS) is 11.6. The van der Waals surface area contributed by atoms with Crippen molar-refractivity contribution >= 4 is 105 Å². The van der Waals surface area contributed by atoms with Crippen LogP contribution in [0.15, 0.2) is 537 Å². The first-order valence-electron chi connectivity index (χ1n) is 46.2. The van der Waals surface area contributed by atoms with E-state index in [1.54, 1.807) is 19.2 Å². The van der Waals surface area contributed by atoms with E-state index in [0.29, 0.717) is 10.1 Å². The first-order valence-corrected chi connectivity index (χ1v) is 53.5. The lowest BCUT2D eigenvalue weighted by molar-refractivity contribution is -0.137. The molecule has 20 aromatic rings. The van der Waals surface area contributed by atoms with E-state index < -0.39 is 22.2 Å². The minimum atomic E-state index is -4.47. The highest BCUT2D eigenvalue weighted by Crippen LogP contribution is 2.50. The Morgan fingerprint density at radius 2 is 0.445 bits per heavy atom. The number of hydrogen-bond donors (Lipinski definition) is 0. The fourth-order valence-electron chi connectivity index (χ4n) is 16.5. The lowest BCUT2D eigenvalue weighted by Crippen LogP contribution is -2.13. The van der Waals surface area contributed by atoms with Gasteiger partial charge in [-0.15, -0.1) is 0 Å². The van der Waals surface area contributed by atoms with Gasteiger partial charge >= 0.3 is 6.18 Å². The van der Waals surface area contributed by atoms with Gasteiger partial charge in [0, 0.05) is 43.8 Å². The number of alkyl halides is 3. The van der Waals surface area contributed by atoms with Gasteiger partial charge in [0.15, 0.2) is 87.3 Å². The average molecular weight is 1910 g/mol. The zero-order valence-corrected chi connectivity index (χ0v) is 84.8. The smallest absolute Gasteiger partial charge is 0.416 e. The highest BCUT2D eigenvalue weighted by Gasteiger charge is 2.37. The summed E-state index contributed by atoms with van der Waals surface area (Å²) in [6, 6.07) is 165. The van der Waals surface area contributed by atoms with Crippen molar-refractivity contribution in [3.63, 3.8) is 0 Å². The van der Waals surface area contributed by atoms with E-state index in [-0.39, 0.29) is 81.1 Å². The Kier molecular flexibility index (Phi) is 32.6. The molecule has 2 aromatic heterocycles. The Hall–Kier alpha value is -12.9. The number of benzene rings is 18. The minimum Gasteiger partial charge on any atom is -0.496 e. The summed E-state index contributed by atoms with van der Waals surface area (Å²) in [4.78, 5) is 31.5. The van der Waals surface area contributed by atoms with Crippen LogP contribution in [0.4, 0.5) is 13.2 Å². The first kappa shape index (κ1) is 98.6. The second kappa shape index (κ2) is 45.4. The van der Waals surface area contributed by atoms with Gasteiger partial charge in [0.25, 0.3) is 0 Å². The van der Waals surface area contributed by atoms with E-state index in [1.165, 1.54) is 123 Å². The molecule has 684 valence electrons. The predicted octanol–water partition coefficient (Wildman–Crippen LogP) is 35.8. The zero-order valence-electron chi connectivity index (χ0n) is 79.9. The maximum atomic E-state index is 13.1. The molecular weight excluding hydrogens is 1790 g/mol. The zero-order chi connectivity index (χ0) is 96.2. The van der Waals surface area contributed by atoms with Gasteiger partial charge in [-0.3, -0.25) is 4.79 Å². The van der Waals surface area contributed by atoms with E-state index in [2.05, 4.69) is 483 Å². The van der Waals surface area contributed by atoms with Crippen molar-refractivity contribution in [3.05, 3.63) is 522 Å². The maximum Gasteiger partial charge on any atom is 0.416 e. The molecule has 0 amide bonds. The third-order valence-electron chi connectivity index (χ3n) is 23.4. The molecule has 0 spiro atoms. The lowest BCUT2D eigenvalue weighted by atomic mass is 9.87. The van der Waals surface area contributed by atoms with Gasteiger partial charge in [-0.1, -0.05) is 317 Å². The molecule has 0 aliphatic heterocycles. The quantitative estimate of drug-likeness (QED) is 0.0755. The number of methoxy groups -OCH3 is 1. The fraction of sp³-hybridized carbons (Fsp3) is 0.135. The molecule has 0 aliphatic rings.